The van der Waals surface area contributed by atoms with E-state index in [0.29, 0.717) is 6.42 Å². The normalized spacial score (nSPS) is 14.8. The third-order valence-electron chi connectivity index (χ3n) is 3.65. The SMILES string of the molecule is CC(C)(C)OC(=O)[C@H](C(=O)O)C(N)Cc1ccc(C(C)(C)C)cc1. The molecule has 0 saturated heterocycles. The number of carboxylic acids is 1. The lowest BCUT2D eigenvalue weighted by Crippen LogP contribution is -2.45. The molecule has 1 unspecified atom stereocenters. The molecule has 0 amide bonds. The number of carbonyl (C=O) groups is 2. The van der Waals surface area contributed by atoms with E-state index < -0.39 is 29.5 Å². The zero-order valence-corrected chi connectivity index (χ0v) is 15.4. The molecule has 3 N–H and O–H groups in total. The van der Waals surface area contributed by atoms with Crippen LogP contribution in [0.1, 0.15) is 52.7 Å². The molecule has 0 bridgehead atoms. The minimum Gasteiger partial charge on any atom is -0.481 e. The average molecular weight is 335 g/mol. The molecule has 0 spiro atoms. The van der Waals surface area contributed by atoms with E-state index in [1.807, 2.05) is 24.3 Å². The first-order chi connectivity index (χ1) is 10.8. The quantitative estimate of drug-likeness (QED) is 0.638. The van der Waals surface area contributed by atoms with Gasteiger partial charge in [-0.3, -0.25) is 9.59 Å². The highest BCUT2D eigenvalue weighted by Crippen LogP contribution is 2.23. The van der Waals surface area contributed by atoms with Crippen LogP contribution >= 0.6 is 0 Å². The molecule has 1 rings (SSSR count). The van der Waals surface area contributed by atoms with Crippen LogP contribution in [0.3, 0.4) is 0 Å². The highest BCUT2D eigenvalue weighted by Gasteiger charge is 2.36. The minimum absolute atomic E-state index is 0.0424. The Kier molecular flexibility index (Phi) is 6.17. The van der Waals surface area contributed by atoms with E-state index in [1.54, 1.807) is 20.8 Å². The van der Waals surface area contributed by atoms with Crippen molar-refractivity contribution < 1.29 is 19.4 Å². The fourth-order valence-corrected chi connectivity index (χ4v) is 2.35. The predicted molar refractivity (Wildman–Crippen MR) is 93.8 cm³/mol. The van der Waals surface area contributed by atoms with Crippen LogP contribution in [0.5, 0.6) is 0 Å². The van der Waals surface area contributed by atoms with Crippen LogP contribution < -0.4 is 5.73 Å². The van der Waals surface area contributed by atoms with Crippen molar-refractivity contribution in [3.05, 3.63) is 35.4 Å². The Bertz CT molecular complexity index is 579. The van der Waals surface area contributed by atoms with Gasteiger partial charge in [0.05, 0.1) is 0 Å². The summed E-state index contributed by atoms with van der Waals surface area (Å²) in [6.45, 7) is 11.5. The van der Waals surface area contributed by atoms with Gasteiger partial charge in [-0.05, 0) is 43.7 Å². The molecule has 5 nitrogen and oxygen atoms in total. The van der Waals surface area contributed by atoms with Gasteiger partial charge in [-0.2, -0.15) is 0 Å². The first kappa shape index (κ1) is 20.2. The fourth-order valence-electron chi connectivity index (χ4n) is 2.35. The summed E-state index contributed by atoms with van der Waals surface area (Å²) in [7, 11) is 0. The van der Waals surface area contributed by atoms with Gasteiger partial charge in [0.25, 0.3) is 0 Å². The lowest BCUT2D eigenvalue weighted by atomic mass is 9.86. The van der Waals surface area contributed by atoms with E-state index in [4.69, 9.17) is 10.5 Å². The second-order valence-electron chi connectivity index (χ2n) is 8.16. The molecule has 1 aromatic carbocycles. The van der Waals surface area contributed by atoms with Crippen LogP contribution in [-0.2, 0) is 26.2 Å². The van der Waals surface area contributed by atoms with Gasteiger partial charge < -0.3 is 15.6 Å². The molecule has 0 aliphatic carbocycles. The number of esters is 1. The molecule has 0 saturated carbocycles. The molecule has 1 aromatic rings. The van der Waals surface area contributed by atoms with E-state index >= 15 is 0 Å². The minimum atomic E-state index is -1.38. The maximum Gasteiger partial charge on any atom is 0.322 e. The summed E-state index contributed by atoms with van der Waals surface area (Å²) >= 11 is 0. The number of hydrogen-bond acceptors (Lipinski definition) is 4. The van der Waals surface area contributed by atoms with Gasteiger partial charge >= 0.3 is 11.9 Å². The summed E-state index contributed by atoms with van der Waals surface area (Å²) in [6, 6.07) is 7.01. The molecule has 0 aliphatic rings. The second kappa shape index (κ2) is 7.34. The van der Waals surface area contributed by atoms with Gasteiger partial charge in [-0.15, -0.1) is 0 Å². The zero-order valence-electron chi connectivity index (χ0n) is 15.4. The van der Waals surface area contributed by atoms with Crippen molar-refractivity contribution in [2.45, 2.75) is 65.0 Å². The van der Waals surface area contributed by atoms with Gasteiger partial charge in [0.2, 0.25) is 0 Å². The van der Waals surface area contributed by atoms with E-state index in [1.165, 1.54) is 5.56 Å². The number of nitrogens with two attached hydrogens (primary N) is 1. The molecule has 0 heterocycles. The molecular formula is C19H29NO4. The molecule has 134 valence electrons. The lowest BCUT2D eigenvalue weighted by Gasteiger charge is -2.25. The highest BCUT2D eigenvalue weighted by molar-refractivity contribution is 5.95. The van der Waals surface area contributed by atoms with Crippen molar-refractivity contribution in [2.24, 2.45) is 11.7 Å². The van der Waals surface area contributed by atoms with Crippen LogP contribution in [0.25, 0.3) is 0 Å². The van der Waals surface area contributed by atoms with Gasteiger partial charge in [-0.25, -0.2) is 0 Å². The van der Waals surface area contributed by atoms with Gasteiger partial charge in [0, 0.05) is 6.04 Å². The van der Waals surface area contributed by atoms with Gasteiger partial charge in [0.1, 0.15) is 5.60 Å². The number of carbonyl (C=O) groups excluding carboxylic acids is 1. The van der Waals surface area contributed by atoms with Crippen molar-refractivity contribution >= 4 is 11.9 Å². The van der Waals surface area contributed by atoms with Crippen molar-refractivity contribution in [1.29, 1.82) is 0 Å². The Hall–Kier alpha value is -1.88. The molecule has 5 heteroatoms. The molecule has 0 aromatic heterocycles. The summed E-state index contributed by atoms with van der Waals surface area (Å²) in [4.78, 5) is 23.6. The zero-order chi connectivity index (χ0) is 18.7. The Labute approximate surface area is 144 Å². The first-order valence-corrected chi connectivity index (χ1v) is 8.12. The number of ether oxygens (including phenoxy) is 1. The molecule has 24 heavy (non-hydrogen) atoms. The lowest BCUT2D eigenvalue weighted by molar-refractivity contribution is -0.167. The Balaban J connectivity index is 2.88. The standard InChI is InChI=1S/C19H29NO4/c1-18(2,3)13-9-7-12(8-10-13)11-14(20)15(16(21)22)17(23)24-19(4,5)6/h7-10,14-15H,11,20H2,1-6H3,(H,21,22)/t14?,15-/m0/s1. The van der Waals surface area contributed by atoms with Crippen LogP contribution in [0.4, 0.5) is 0 Å². The van der Waals surface area contributed by atoms with E-state index in [0.717, 1.165) is 5.56 Å². The van der Waals surface area contributed by atoms with Crippen LogP contribution in [0.15, 0.2) is 24.3 Å². The topological polar surface area (TPSA) is 89.6 Å². The van der Waals surface area contributed by atoms with E-state index in [2.05, 4.69) is 20.8 Å². The third kappa shape index (κ3) is 5.96. The third-order valence-corrected chi connectivity index (χ3v) is 3.65. The molecule has 0 radical (unpaired) electrons. The van der Waals surface area contributed by atoms with Crippen LogP contribution in [0, 0.1) is 5.92 Å². The van der Waals surface area contributed by atoms with E-state index in [-0.39, 0.29) is 5.41 Å². The Morgan fingerprint density at radius 2 is 1.58 bits per heavy atom. The van der Waals surface area contributed by atoms with Crippen molar-refractivity contribution in [3.63, 3.8) is 0 Å². The summed E-state index contributed by atoms with van der Waals surface area (Å²) in [5, 5.41) is 9.36. The summed E-state index contributed by atoms with van der Waals surface area (Å²) in [5.41, 5.74) is 7.38. The highest BCUT2D eigenvalue weighted by atomic mass is 16.6. The summed E-state index contributed by atoms with van der Waals surface area (Å²) in [5.74, 6) is -3.44. The van der Waals surface area contributed by atoms with Crippen molar-refractivity contribution in [1.82, 2.24) is 0 Å². The number of rotatable bonds is 5. The van der Waals surface area contributed by atoms with Crippen molar-refractivity contribution in [2.75, 3.05) is 0 Å². The van der Waals surface area contributed by atoms with Crippen molar-refractivity contribution in [3.8, 4) is 0 Å². The predicted octanol–water partition coefficient (Wildman–Crippen LogP) is 2.90. The maximum absolute atomic E-state index is 12.1. The summed E-state index contributed by atoms with van der Waals surface area (Å²) < 4.78 is 5.18. The monoisotopic (exact) mass is 335 g/mol. The number of hydrogen-bond donors (Lipinski definition) is 2. The molecule has 0 fully saturated rings. The maximum atomic E-state index is 12.1. The molecule has 0 aliphatic heterocycles. The average Bonchev–Trinajstić information content (AvgIpc) is 2.35. The Morgan fingerprint density at radius 3 is 1.96 bits per heavy atom. The summed E-state index contributed by atoms with van der Waals surface area (Å²) in [6.07, 6.45) is 0.292. The second-order valence-corrected chi connectivity index (χ2v) is 8.16. The Morgan fingerprint density at radius 1 is 1.08 bits per heavy atom. The number of aliphatic carboxylic acids is 1. The van der Waals surface area contributed by atoms with Crippen LogP contribution in [0.2, 0.25) is 0 Å². The number of carboxylic acid groups (broad SMARTS) is 1. The smallest absolute Gasteiger partial charge is 0.322 e. The number of benzene rings is 1. The fraction of sp³-hybridized carbons (Fsp3) is 0.579. The molecular weight excluding hydrogens is 306 g/mol. The van der Waals surface area contributed by atoms with E-state index in [9.17, 15) is 14.7 Å². The van der Waals surface area contributed by atoms with Gasteiger partial charge in [-0.1, -0.05) is 45.0 Å². The largest absolute Gasteiger partial charge is 0.481 e. The molecule has 2 atom stereocenters. The van der Waals surface area contributed by atoms with Crippen LogP contribution in [-0.4, -0.2) is 28.7 Å². The van der Waals surface area contributed by atoms with Gasteiger partial charge in [0.15, 0.2) is 5.92 Å². The first-order valence-electron chi connectivity index (χ1n) is 8.12.